The molecule has 4 bridgehead atoms. The Kier molecular flexibility index (Phi) is 2.48. The molecule has 0 amide bonds. The molecule has 0 radical (unpaired) electrons. The van der Waals surface area contributed by atoms with E-state index in [4.69, 9.17) is 0 Å². The third-order valence-corrected chi connectivity index (χ3v) is 5.69. The van der Waals surface area contributed by atoms with E-state index in [1.165, 1.54) is 38.5 Å². The summed E-state index contributed by atoms with van der Waals surface area (Å²) in [5.74, 6) is 2.64. The average molecular weight is 255 g/mol. The van der Waals surface area contributed by atoms with Crippen molar-refractivity contribution in [2.45, 2.75) is 38.5 Å². The number of benzene rings is 1. The fourth-order valence-corrected chi connectivity index (χ4v) is 5.47. The van der Waals surface area contributed by atoms with Gasteiger partial charge < -0.3 is 5.21 Å². The summed E-state index contributed by atoms with van der Waals surface area (Å²) in [6.07, 6.45) is 8.00. The predicted molar refractivity (Wildman–Crippen MR) is 75.4 cm³/mol. The third-order valence-electron chi connectivity index (χ3n) is 5.69. The van der Waals surface area contributed by atoms with Crippen LogP contribution in [0.4, 0.5) is 0 Å². The molecule has 2 nitrogen and oxygen atoms in total. The quantitative estimate of drug-likeness (QED) is 0.482. The van der Waals surface area contributed by atoms with E-state index in [1.54, 1.807) is 0 Å². The van der Waals surface area contributed by atoms with E-state index in [-0.39, 0.29) is 5.41 Å². The van der Waals surface area contributed by atoms with Crippen LogP contribution in [0, 0.1) is 23.2 Å². The van der Waals surface area contributed by atoms with Crippen molar-refractivity contribution in [1.29, 1.82) is 0 Å². The first-order valence-electron chi connectivity index (χ1n) is 7.57. The van der Waals surface area contributed by atoms with Crippen LogP contribution in [0.2, 0.25) is 0 Å². The van der Waals surface area contributed by atoms with Crippen LogP contribution in [0.25, 0.3) is 0 Å². The molecule has 0 atom stereocenters. The molecule has 4 aliphatic carbocycles. The summed E-state index contributed by atoms with van der Waals surface area (Å²) in [5, 5.41) is 13.4. The first-order chi connectivity index (χ1) is 9.29. The van der Waals surface area contributed by atoms with Gasteiger partial charge in [-0.1, -0.05) is 35.5 Å². The monoisotopic (exact) mass is 255 g/mol. The van der Waals surface area contributed by atoms with Crippen molar-refractivity contribution in [2.75, 3.05) is 0 Å². The summed E-state index contributed by atoms with van der Waals surface area (Å²) in [7, 11) is 0. The van der Waals surface area contributed by atoms with Gasteiger partial charge in [-0.2, -0.15) is 0 Å². The Morgan fingerprint density at radius 1 is 0.947 bits per heavy atom. The SMILES string of the molecule is ON=C(c1ccccc1)C12CC3CC(CC(C3)C1)C2. The molecule has 4 aliphatic rings. The highest BCUT2D eigenvalue weighted by atomic mass is 16.4. The average Bonchev–Trinajstić information content (AvgIpc) is 2.38. The summed E-state index contributed by atoms with van der Waals surface area (Å²) in [5.41, 5.74) is 2.25. The van der Waals surface area contributed by atoms with Crippen LogP contribution in [0.1, 0.15) is 44.1 Å². The molecular formula is C17H21NO. The van der Waals surface area contributed by atoms with Crippen molar-refractivity contribution in [1.82, 2.24) is 0 Å². The largest absolute Gasteiger partial charge is 0.411 e. The van der Waals surface area contributed by atoms with Crippen molar-refractivity contribution in [2.24, 2.45) is 28.3 Å². The Hall–Kier alpha value is -1.31. The summed E-state index contributed by atoms with van der Waals surface area (Å²) in [4.78, 5) is 0. The minimum atomic E-state index is 0.171. The minimum absolute atomic E-state index is 0.171. The van der Waals surface area contributed by atoms with E-state index in [0.29, 0.717) is 0 Å². The molecule has 1 aromatic carbocycles. The lowest BCUT2D eigenvalue weighted by molar-refractivity contribution is -0.0133. The summed E-state index contributed by atoms with van der Waals surface area (Å²) in [6, 6.07) is 10.3. The van der Waals surface area contributed by atoms with E-state index in [1.807, 2.05) is 18.2 Å². The van der Waals surface area contributed by atoms with Crippen LogP contribution in [0.5, 0.6) is 0 Å². The van der Waals surface area contributed by atoms with Crippen LogP contribution in [0.3, 0.4) is 0 Å². The van der Waals surface area contributed by atoms with Crippen molar-refractivity contribution < 1.29 is 5.21 Å². The highest BCUT2D eigenvalue weighted by Gasteiger charge is 2.53. The van der Waals surface area contributed by atoms with Crippen LogP contribution in [0.15, 0.2) is 35.5 Å². The van der Waals surface area contributed by atoms with Crippen molar-refractivity contribution in [3.63, 3.8) is 0 Å². The van der Waals surface area contributed by atoms with E-state index < -0.39 is 0 Å². The summed E-state index contributed by atoms with van der Waals surface area (Å²) in [6.45, 7) is 0. The Balaban J connectivity index is 1.74. The molecule has 1 aromatic rings. The molecule has 0 spiro atoms. The standard InChI is InChI=1S/C17H21NO/c19-18-16(15-4-2-1-3-5-15)17-9-12-6-13(10-17)8-14(7-12)11-17/h1-5,12-14,19H,6-11H2. The molecule has 0 aromatic heterocycles. The maximum atomic E-state index is 9.63. The second-order valence-electron chi connectivity index (χ2n) is 7.01. The maximum Gasteiger partial charge on any atom is 0.0929 e. The molecule has 0 unspecified atom stereocenters. The van der Waals surface area contributed by atoms with Crippen LogP contribution < -0.4 is 0 Å². The number of hydrogen-bond acceptors (Lipinski definition) is 2. The van der Waals surface area contributed by atoms with Gasteiger partial charge in [0.25, 0.3) is 0 Å². The van der Waals surface area contributed by atoms with Gasteiger partial charge in [0.15, 0.2) is 0 Å². The Labute approximate surface area is 114 Å². The zero-order chi connectivity index (χ0) is 12.9. The Morgan fingerprint density at radius 3 is 1.95 bits per heavy atom. The zero-order valence-corrected chi connectivity index (χ0v) is 11.3. The fraction of sp³-hybridized carbons (Fsp3) is 0.588. The predicted octanol–water partition coefficient (Wildman–Crippen LogP) is 4.08. The van der Waals surface area contributed by atoms with E-state index in [0.717, 1.165) is 29.0 Å². The summed E-state index contributed by atoms with van der Waals surface area (Å²) < 4.78 is 0. The van der Waals surface area contributed by atoms with Gasteiger partial charge in [-0.05, 0) is 61.8 Å². The molecule has 2 heteroatoms. The molecule has 5 rings (SSSR count). The van der Waals surface area contributed by atoms with E-state index in [2.05, 4.69) is 17.3 Å². The van der Waals surface area contributed by atoms with Gasteiger partial charge in [0.2, 0.25) is 0 Å². The molecule has 0 heterocycles. The second kappa shape index (κ2) is 4.09. The molecule has 0 aliphatic heterocycles. The van der Waals surface area contributed by atoms with E-state index in [9.17, 15) is 5.21 Å². The van der Waals surface area contributed by atoms with Crippen molar-refractivity contribution in [3.8, 4) is 0 Å². The minimum Gasteiger partial charge on any atom is -0.411 e. The summed E-state index contributed by atoms with van der Waals surface area (Å²) >= 11 is 0. The topological polar surface area (TPSA) is 32.6 Å². The van der Waals surface area contributed by atoms with Gasteiger partial charge >= 0.3 is 0 Å². The first kappa shape index (κ1) is 11.5. The number of rotatable bonds is 2. The van der Waals surface area contributed by atoms with Crippen LogP contribution in [-0.2, 0) is 0 Å². The van der Waals surface area contributed by atoms with Gasteiger partial charge in [-0.25, -0.2) is 0 Å². The van der Waals surface area contributed by atoms with Gasteiger partial charge in [-0.15, -0.1) is 0 Å². The zero-order valence-electron chi connectivity index (χ0n) is 11.3. The fourth-order valence-electron chi connectivity index (χ4n) is 5.47. The molecular weight excluding hydrogens is 234 g/mol. The lowest BCUT2D eigenvalue weighted by Gasteiger charge is -2.56. The Bertz CT molecular complexity index is 470. The molecule has 19 heavy (non-hydrogen) atoms. The van der Waals surface area contributed by atoms with Crippen LogP contribution >= 0.6 is 0 Å². The molecule has 4 saturated carbocycles. The lowest BCUT2D eigenvalue weighted by Crippen LogP contribution is -2.50. The van der Waals surface area contributed by atoms with Crippen molar-refractivity contribution >= 4 is 5.71 Å². The highest BCUT2D eigenvalue weighted by molar-refractivity contribution is 6.04. The van der Waals surface area contributed by atoms with Crippen molar-refractivity contribution in [3.05, 3.63) is 35.9 Å². The second-order valence-corrected chi connectivity index (χ2v) is 7.01. The first-order valence-corrected chi connectivity index (χ1v) is 7.57. The molecule has 100 valence electrons. The van der Waals surface area contributed by atoms with Gasteiger partial charge in [0.05, 0.1) is 5.71 Å². The highest BCUT2D eigenvalue weighted by Crippen LogP contribution is 2.61. The smallest absolute Gasteiger partial charge is 0.0929 e. The maximum absolute atomic E-state index is 9.63. The molecule has 0 saturated heterocycles. The van der Waals surface area contributed by atoms with Gasteiger partial charge in [-0.3, -0.25) is 0 Å². The molecule has 1 N–H and O–H groups in total. The van der Waals surface area contributed by atoms with E-state index >= 15 is 0 Å². The van der Waals surface area contributed by atoms with Crippen LogP contribution in [-0.4, -0.2) is 10.9 Å². The number of oxime groups is 1. The lowest BCUT2D eigenvalue weighted by atomic mass is 9.48. The third kappa shape index (κ3) is 1.73. The van der Waals surface area contributed by atoms with Gasteiger partial charge in [0, 0.05) is 5.41 Å². The normalized spacial score (nSPS) is 40.6. The Morgan fingerprint density at radius 2 is 1.47 bits per heavy atom. The number of hydrogen-bond donors (Lipinski definition) is 1. The van der Waals surface area contributed by atoms with Gasteiger partial charge in [0.1, 0.15) is 0 Å². The number of nitrogens with zero attached hydrogens (tertiary/aromatic N) is 1. The molecule has 4 fully saturated rings.